The quantitative estimate of drug-likeness (QED) is 0.623. The lowest BCUT2D eigenvalue weighted by Crippen LogP contribution is -2.67. The maximum Gasteiger partial charge on any atom is 0.311 e. The van der Waals surface area contributed by atoms with E-state index in [-0.39, 0.29) is 28.3 Å². The lowest BCUT2D eigenvalue weighted by atomic mass is 9.56. The highest BCUT2D eigenvalue weighted by molar-refractivity contribution is 5.82. The number of carbonyl (C=O) groups is 1. The van der Waals surface area contributed by atoms with Crippen LogP contribution in [0.4, 0.5) is 5.69 Å². The number of nitrogens with one attached hydrogen (secondary N) is 1. The molecule has 0 radical (unpaired) electrons. The zero-order valence-corrected chi connectivity index (χ0v) is 16.0. The summed E-state index contributed by atoms with van der Waals surface area (Å²) < 4.78 is 6.56. The first kappa shape index (κ1) is 15.5. The first-order valence-electron chi connectivity index (χ1n) is 10.3. The first-order valence-corrected chi connectivity index (χ1v) is 10.3. The number of benzene rings is 1. The van der Waals surface area contributed by atoms with Gasteiger partial charge in [-0.1, -0.05) is 25.1 Å². The maximum atomic E-state index is 13.0. The largest absolute Gasteiger partial charge is 0.469 e. The molecule has 3 aliphatic heterocycles. The lowest BCUT2D eigenvalue weighted by Gasteiger charge is -2.54. The highest BCUT2D eigenvalue weighted by atomic mass is 16.5. The Morgan fingerprint density at radius 1 is 1.27 bits per heavy atom. The molecule has 3 heterocycles. The minimum atomic E-state index is -0.172. The third-order valence-corrected chi connectivity index (χ3v) is 9.62. The van der Waals surface area contributed by atoms with Crippen molar-refractivity contribution in [2.45, 2.75) is 49.6 Å². The Morgan fingerprint density at radius 3 is 2.88 bits per heavy atom. The summed E-state index contributed by atoms with van der Waals surface area (Å²) in [6.07, 6.45) is 4.76. The predicted octanol–water partition coefficient (Wildman–Crippen LogP) is 2.93. The molecule has 26 heavy (non-hydrogen) atoms. The van der Waals surface area contributed by atoms with Crippen molar-refractivity contribution >= 4 is 11.7 Å². The SMILES string of the molecule is COC(=O)[C@@H]1C[C@@]23CCC[N@@+]4(C)CC[C@@]5(c6ccccc6N[C@@]15[C@@H]2C)[C@H]34. The van der Waals surface area contributed by atoms with Crippen LogP contribution in [0.15, 0.2) is 24.3 Å². The third-order valence-electron chi connectivity index (χ3n) is 9.62. The van der Waals surface area contributed by atoms with Crippen molar-refractivity contribution in [2.24, 2.45) is 17.3 Å². The van der Waals surface area contributed by atoms with Gasteiger partial charge < -0.3 is 14.5 Å². The Morgan fingerprint density at radius 2 is 2.08 bits per heavy atom. The zero-order valence-electron chi connectivity index (χ0n) is 16.0. The summed E-state index contributed by atoms with van der Waals surface area (Å²) in [5.41, 5.74) is 2.92. The molecule has 1 aromatic carbocycles. The minimum Gasteiger partial charge on any atom is -0.469 e. The van der Waals surface area contributed by atoms with E-state index in [1.807, 2.05) is 0 Å². The summed E-state index contributed by atoms with van der Waals surface area (Å²) in [6, 6.07) is 9.52. The molecule has 2 aliphatic carbocycles. The van der Waals surface area contributed by atoms with E-state index in [1.54, 1.807) is 7.11 Å². The molecule has 4 nitrogen and oxygen atoms in total. The Bertz CT molecular complexity index is 839. The molecule has 5 aliphatic rings. The molecule has 2 saturated heterocycles. The number of likely N-dealkylation sites (N-methyl/N-ethyl adjacent to an activating group) is 1. The van der Waals surface area contributed by atoms with Gasteiger partial charge in [0.25, 0.3) is 0 Å². The fourth-order valence-corrected chi connectivity index (χ4v) is 9.19. The van der Waals surface area contributed by atoms with Gasteiger partial charge in [0.05, 0.1) is 44.1 Å². The monoisotopic (exact) mass is 353 g/mol. The van der Waals surface area contributed by atoms with Crippen molar-refractivity contribution in [1.29, 1.82) is 0 Å². The number of ether oxygens (including phenoxy) is 1. The number of fused-ring (bicyclic) bond motifs is 1. The Labute approximate surface area is 155 Å². The van der Waals surface area contributed by atoms with Gasteiger partial charge in [0, 0.05) is 17.5 Å². The maximum absolute atomic E-state index is 13.0. The Balaban J connectivity index is 1.69. The van der Waals surface area contributed by atoms with Gasteiger partial charge in [0.15, 0.2) is 0 Å². The van der Waals surface area contributed by atoms with E-state index in [2.05, 4.69) is 43.6 Å². The molecule has 1 aromatic rings. The van der Waals surface area contributed by atoms with E-state index in [0.29, 0.717) is 12.0 Å². The van der Waals surface area contributed by atoms with Crippen molar-refractivity contribution in [3.63, 3.8) is 0 Å². The van der Waals surface area contributed by atoms with Crippen LogP contribution in [0.5, 0.6) is 0 Å². The number of hydrogen-bond donors (Lipinski definition) is 1. The van der Waals surface area contributed by atoms with Gasteiger partial charge in [-0.25, -0.2) is 0 Å². The van der Waals surface area contributed by atoms with E-state index in [0.717, 1.165) is 6.42 Å². The van der Waals surface area contributed by atoms with Crippen molar-refractivity contribution in [3.05, 3.63) is 29.8 Å². The van der Waals surface area contributed by atoms with Crippen LogP contribution in [-0.4, -0.2) is 49.3 Å². The molecule has 7 atom stereocenters. The molecule has 0 amide bonds. The van der Waals surface area contributed by atoms with Gasteiger partial charge in [0.1, 0.15) is 6.04 Å². The predicted molar refractivity (Wildman–Crippen MR) is 99.8 cm³/mol. The summed E-state index contributed by atoms with van der Waals surface area (Å²) in [6.45, 7) is 4.98. The summed E-state index contributed by atoms with van der Waals surface area (Å²) in [5.74, 6) is 0.462. The number of piperidine rings is 1. The van der Waals surface area contributed by atoms with Gasteiger partial charge in [0.2, 0.25) is 0 Å². The third kappa shape index (κ3) is 1.24. The van der Waals surface area contributed by atoms with Crippen LogP contribution in [0.25, 0.3) is 0 Å². The Hall–Kier alpha value is -1.55. The highest BCUT2D eigenvalue weighted by Crippen LogP contribution is 2.80. The standard InChI is InChI=1S/C22H29N2O2/c1-14-20-9-6-11-24(2)12-10-21(19(20)24)15-7-4-5-8-17(15)23-22(14,21)16(13-20)18(25)26-3/h4-5,7-8,14,16,19,23H,6,9-13H2,1-3H3/q+1/t14-,16+,19+,20+,21-,22+,24+/m1/s1. The Kier molecular flexibility index (Phi) is 2.56. The van der Waals surface area contributed by atoms with Crippen LogP contribution < -0.4 is 5.32 Å². The second-order valence-corrected chi connectivity index (χ2v) is 9.93. The van der Waals surface area contributed by atoms with Crippen LogP contribution in [0, 0.1) is 17.3 Å². The van der Waals surface area contributed by atoms with Gasteiger partial charge in [-0.2, -0.15) is 0 Å². The fraction of sp³-hybridized carbons (Fsp3) is 0.682. The molecular formula is C22H29N2O2+. The molecule has 4 fully saturated rings. The second kappa shape index (κ2) is 4.30. The van der Waals surface area contributed by atoms with E-state index >= 15 is 0 Å². The zero-order chi connectivity index (χ0) is 17.9. The summed E-state index contributed by atoms with van der Waals surface area (Å²) in [4.78, 5) is 13.0. The molecule has 4 heteroatoms. The molecule has 3 spiro atoms. The van der Waals surface area contributed by atoms with E-state index < -0.39 is 0 Å². The smallest absolute Gasteiger partial charge is 0.311 e. The normalized spacial score (nSPS) is 52.2. The number of esters is 1. The topological polar surface area (TPSA) is 38.3 Å². The average molecular weight is 353 g/mol. The number of nitrogens with zero attached hydrogens (tertiary/aromatic N) is 1. The minimum absolute atomic E-state index is 0.00136. The van der Waals surface area contributed by atoms with E-state index in [1.165, 1.54) is 48.1 Å². The van der Waals surface area contributed by atoms with Gasteiger partial charge in [-0.15, -0.1) is 0 Å². The lowest BCUT2D eigenvalue weighted by molar-refractivity contribution is -0.936. The van der Waals surface area contributed by atoms with Crippen molar-refractivity contribution in [1.82, 2.24) is 0 Å². The number of anilines is 1. The van der Waals surface area contributed by atoms with Crippen molar-refractivity contribution < 1.29 is 14.0 Å². The second-order valence-electron chi connectivity index (χ2n) is 9.93. The van der Waals surface area contributed by atoms with Crippen LogP contribution in [0.3, 0.4) is 0 Å². The molecule has 1 N–H and O–H groups in total. The highest BCUT2D eigenvalue weighted by Gasteiger charge is 2.89. The van der Waals surface area contributed by atoms with Crippen molar-refractivity contribution in [3.8, 4) is 0 Å². The summed E-state index contributed by atoms with van der Waals surface area (Å²) in [5, 5.41) is 3.99. The van der Waals surface area contributed by atoms with Gasteiger partial charge in [-0.05, 0) is 36.8 Å². The van der Waals surface area contributed by atoms with E-state index in [9.17, 15) is 4.79 Å². The first-order chi connectivity index (χ1) is 12.5. The molecule has 0 aromatic heterocycles. The summed E-state index contributed by atoms with van der Waals surface area (Å²) >= 11 is 0. The number of methoxy groups -OCH3 is 1. The van der Waals surface area contributed by atoms with Crippen LogP contribution in [0.2, 0.25) is 0 Å². The summed E-state index contributed by atoms with van der Waals surface area (Å²) in [7, 11) is 4.06. The average Bonchev–Trinajstić information content (AvgIpc) is 3.27. The van der Waals surface area contributed by atoms with Crippen LogP contribution >= 0.6 is 0 Å². The molecule has 2 saturated carbocycles. The number of hydrogen-bond acceptors (Lipinski definition) is 3. The van der Waals surface area contributed by atoms with Crippen molar-refractivity contribution in [2.75, 3.05) is 32.6 Å². The van der Waals surface area contributed by atoms with Gasteiger partial charge >= 0.3 is 5.97 Å². The van der Waals surface area contributed by atoms with Crippen LogP contribution in [-0.2, 0) is 14.9 Å². The molecule has 0 unspecified atom stereocenters. The molecule has 2 bridgehead atoms. The van der Waals surface area contributed by atoms with Gasteiger partial charge in [-0.3, -0.25) is 4.79 Å². The number of para-hydroxylation sites is 1. The number of rotatable bonds is 1. The van der Waals surface area contributed by atoms with E-state index in [4.69, 9.17) is 4.74 Å². The molecule has 6 rings (SSSR count). The fourth-order valence-electron chi connectivity index (χ4n) is 9.19. The number of carbonyl (C=O) groups excluding carboxylic acids is 1. The number of quaternary nitrogens is 1. The molecule has 138 valence electrons. The molecular weight excluding hydrogens is 324 g/mol. The van der Waals surface area contributed by atoms with Crippen LogP contribution in [0.1, 0.15) is 38.2 Å².